The van der Waals surface area contributed by atoms with Gasteiger partial charge in [0.25, 0.3) is 11.8 Å². The fraction of sp³-hybridized carbons (Fsp3) is 0.250. The number of hydrogen-bond acceptors (Lipinski definition) is 6. The van der Waals surface area contributed by atoms with Crippen LogP contribution in [0.15, 0.2) is 121 Å². The molecule has 2 aromatic heterocycles. The molecular formula is C40H42N8O2. The Hall–Kier alpha value is -5.90. The van der Waals surface area contributed by atoms with Crippen molar-refractivity contribution in [2.75, 3.05) is 13.1 Å². The van der Waals surface area contributed by atoms with E-state index in [4.69, 9.17) is 0 Å². The monoisotopic (exact) mass is 666 g/mol. The summed E-state index contributed by atoms with van der Waals surface area (Å²) in [5.41, 5.74) is 6.09. The number of carbonyl (C=O) groups excluding carboxylic acids is 2. The molecule has 0 radical (unpaired) electrons. The number of carbonyl (C=O) groups is 2. The van der Waals surface area contributed by atoms with E-state index in [9.17, 15) is 9.59 Å². The first-order valence-electron chi connectivity index (χ1n) is 17.3. The number of benzene rings is 4. The van der Waals surface area contributed by atoms with Crippen LogP contribution in [0.3, 0.4) is 0 Å². The van der Waals surface area contributed by atoms with E-state index in [1.54, 1.807) is 9.36 Å². The molecule has 2 N–H and O–H groups in total. The predicted molar refractivity (Wildman–Crippen MR) is 194 cm³/mol. The van der Waals surface area contributed by atoms with Gasteiger partial charge < -0.3 is 10.6 Å². The summed E-state index contributed by atoms with van der Waals surface area (Å²) in [5, 5.41) is 23.3. The summed E-state index contributed by atoms with van der Waals surface area (Å²) in [5.74, 6) is -0.427. The Labute approximate surface area is 292 Å². The summed E-state index contributed by atoms with van der Waals surface area (Å²) in [6.45, 7) is 2.20. The first kappa shape index (κ1) is 34.0. The molecule has 0 spiro atoms. The van der Waals surface area contributed by atoms with Gasteiger partial charge in [0.05, 0.1) is 13.1 Å². The molecule has 6 rings (SSSR count). The summed E-state index contributed by atoms with van der Waals surface area (Å²) in [6, 6.07) is 39.7. The van der Waals surface area contributed by atoms with Crippen LogP contribution in [0.4, 0.5) is 0 Å². The van der Waals surface area contributed by atoms with Gasteiger partial charge in [-0.25, -0.2) is 9.36 Å². The number of aromatic nitrogens is 6. The topological polar surface area (TPSA) is 120 Å². The Kier molecular flexibility index (Phi) is 11.9. The predicted octanol–water partition coefficient (Wildman–Crippen LogP) is 6.80. The lowest BCUT2D eigenvalue weighted by molar-refractivity contribution is 0.0940. The molecule has 0 atom stereocenters. The summed E-state index contributed by atoms with van der Waals surface area (Å²) in [4.78, 5) is 26.4. The van der Waals surface area contributed by atoms with Crippen molar-refractivity contribution in [3.05, 3.63) is 144 Å². The third-order valence-corrected chi connectivity index (χ3v) is 8.52. The van der Waals surface area contributed by atoms with Gasteiger partial charge >= 0.3 is 0 Å². The van der Waals surface area contributed by atoms with E-state index >= 15 is 0 Å². The zero-order chi connectivity index (χ0) is 34.4. The van der Waals surface area contributed by atoms with Crippen LogP contribution in [0.25, 0.3) is 22.5 Å². The molecule has 0 saturated carbocycles. The van der Waals surface area contributed by atoms with Crippen LogP contribution in [0.5, 0.6) is 0 Å². The Balaban J connectivity index is 0.920. The standard InChI is InChI=1S/C40H42N8O2/c49-39(35-37(33-23-13-7-14-24-33)47(45-43-35)29-31-19-9-5-10-20-31)41-27-17-3-1-2-4-18-28-42-40(50)36-38(34-25-15-8-16-26-34)48(46-44-36)30-32-21-11-6-12-22-32/h5-16,19-26H,1-4,17-18,27-30H2,(H,41,49)(H,42,50). The van der Waals surface area contributed by atoms with E-state index < -0.39 is 0 Å². The molecule has 2 heterocycles. The molecule has 10 heteroatoms. The molecule has 6 aromatic rings. The van der Waals surface area contributed by atoms with Crippen molar-refractivity contribution in [2.45, 2.75) is 51.6 Å². The second-order valence-corrected chi connectivity index (χ2v) is 12.2. The summed E-state index contributed by atoms with van der Waals surface area (Å²) in [7, 11) is 0. The van der Waals surface area contributed by atoms with E-state index in [0.29, 0.717) is 49.0 Å². The molecule has 0 unspecified atom stereocenters. The van der Waals surface area contributed by atoms with Gasteiger partial charge in [0, 0.05) is 24.2 Å². The number of nitrogens with one attached hydrogen (secondary N) is 2. The molecule has 0 aliphatic heterocycles. The van der Waals surface area contributed by atoms with E-state index in [-0.39, 0.29) is 11.8 Å². The third-order valence-electron chi connectivity index (χ3n) is 8.52. The van der Waals surface area contributed by atoms with E-state index in [0.717, 1.165) is 60.8 Å². The summed E-state index contributed by atoms with van der Waals surface area (Å²) in [6.07, 6.45) is 5.87. The van der Waals surface area contributed by atoms with Crippen molar-refractivity contribution in [3.8, 4) is 22.5 Å². The van der Waals surface area contributed by atoms with Gasteiger partial charge in [-0.05, 0) is 24.0 Å². The van der Waals surface area contributed by atoms with Gasteiger partial charge in [0.15, 0.2) is 11.4 Å². The zero-order valence-electron chi connectivity index (χ0n) is 28.1. The maximum Gasteiger partial charge on any atom is 0.274 e. The lowest BCUT2D eigenvalue weighted by Gasteiger charge is -2.09. The molecule has 0 aliphatic carbocycles. The second-order valence-electron chi connectivity index (χ2n) is 12.2. The maximum atomic E-state index is 13.2. The molecule has 0 saturated heterocycles. The van der Waals surface area contributed by atoms with Crippen LogP contribution in [0.1, 0.15) is 70.6 Å². The number of unbranched alkanes of at least 4 members (excludes halogenated alkanes) is 5. The van der Waals surface area contributed by atoms with Gasteiger partial charge in [-0.15, -0.1) is 10.2 Å². The molecule has 0 fully saturated rings. The number of hydrogen-bond donors (Lipinski definition) is 2. The van der Waals surface area contributed by atoms with Gasteiger partial charge in [-0.3, -0.25) is 9.59 Å². The van der Waals surface area contributed by atoms with Gasteiger partial charge in [-0.2, -0.15) is 0 Å². The highest BCUT2D eigenvalue weighted by molar-refractivity contribution is 5.98. The van der Waals surface area contributed by atoms with Gasteiger partial charge in [0.2, 0.25) is 0 Å². The molecule has 0 bridgehead atoms. The minimum Gasteiger partial charge on any atom is -0.351 e. The number of amides is 2. The second kappa shape index (κ2) is 17.5. The lowest BCUT2D eigenvalue weighted by atomic mass is 10.1. The Morgan fingerprint density at radius 1 is 0.460 bits per heavy atom. The van der Waals surface area contributed by atoms with Crippen molar-refractivity contribution in [3.63, 3.8) is 0 Å². The van der Waals surface area contributed by atoms with Crippen molar-refractivity contribution in [1.29, 1.82) is 0 Å². The molecule has 2 amide bonds. The van der Waals surface area contributed by atoms with Crippen LogP contribution < -0.4 is 10.6 Å². The third kappa shape index (κ3) is 8.96. The molecule has 0 aliphatic rings. The highest BCUT2D eigenvalue weighted by atomic mass is 16.2. The Bertz CT molecular complexity index is 1800. The largest absolute Gasteiger partial charge is 0.351 e. The first-order valence-corrected chi connectivity index (χ1v) is 17.3. The van der Waals surface area contributed by atoms with E-state index in [1.807, 2.05) is 121 Å². The molecule has 10 nitrogen and oxygen atoms in total. The smallest absolute Gasteiger partial charge is 0.274 e. The summed E-state index contributed by atoms with van der Waals surface area (Å²) >= 11 is 0. The SMILES string of the molecule is O=C(NCCCCCCCCNC(=O)c1nnn(Cc2ccccc2)c1-c1ccccc1)c1nnn(Cc2ccccc2)c1-c1ccccc1. The van der Waals surface area contributed by atoms with Crippen molar-refractivity contribution >= 4 is 11.8 Å². The maximum absolute atomic E-state index is 13.2. The average Bonchev–Trinajstić information content (AvgIpc) is 3.78. The van der Waals surface area contributed by atoms with Crippen molar-refractivity contribution in [1.82, 2.24) is 40.6 Å². The number of rotatable bonds is 17. The first-order chi connectivity index (χ1) is 24.7. The minimum absolute atomic E-state index is 0.213. The van der Waals surface area contributed by atoms with E-state index in [2.05, 4.69) is 31.3 Å². The van der Waals surface area contributed by atoms with Gasteiger partial charge in [0.1, 0.15) is 11.4 Å². The van der Waals surface area contributed by atoms with Crippen LogP contribution in [0.2, 0.25) is 0 Å². The van der Waals surface area contributed by atoms with Crippen LogP contribution in [-0.4, -0.2) is 54.9 Å². The quantitative estimate of drug-likeness (QED) is 0.103. The fourth-order valence-corrected chi connectivity index (χ4v) is 5.96. The minimum atomic E-state index is -0.213. The lowest BCUT2D eigenvalue weighted by Crippen LogP contribution is -2.25. The van der Waals surface area contributed by atoms with Crippen molar-refractivity contribution < 1.29 is 9.59 Å². The molecule has 254 valence electrons. The Morgan fingerprint density at radius 2 is 0.800 bits per heavy atom. The fourth-order valence-electron chi connectivity index (χ4n) is 5.96. The molecule has 4 aromatic carbocycles. The van der Waals surface area contributed by atoms with Crippen molar-refractivity contribution in [2.24, 2.45) is 0 Å². The number of nitrogens with zero attached hydrogens (tertiary/aromatic N) is 6. The van der Waals surface area contributed by atoms with E-state index in [1.165, 1.54) is 0 Å². The normalized spacial score (nSPS) is 11.0. The van der Waals surface area contributed by atoms with Crippen LogP contribution in [0, 0.1) is 0 Å². The Morgan fingerprint density at radius 3 is 1.18 bits per heavy atom. The molecular weight excluding hydrogens is 624 g/mol. The summed E-state index contributed by atoms with van der Waals surface area (Å²) < 4.78 is 3.58. The highest BCUT2D eigenvalue weighted by Crippen LogP contribution is 2.24. The van der Waals surface area contributed by atoms with Crippen LogP contribution in [-0.2, 0) is 13.1 Å². The average molecular weight is 667 g/mol. The van der Waals surface area contributed by atoms with Gasteiger partial charge in [-0.1, -0.05) is 157 Å². The highest BCUT2D eigenvalue weighted by Gasteiger charge is 2.22. The molecule has 50 heavy (non-hydrogen) atoms. The zero-order valence-corrected chi connectivity index (χ0v) is 28.1. The van der Waals surface area contributed by atoms with Crippen LogP contribution >= 0.6 is 0 Å².